The summed E-state index contributed by atoms with van der Waals surface area (Å²) in [6.45, 7) is 4.75. The Balaban J connectivity index is 3.10. The predicted octanol–water partition coefficient (Wildman–Crippen LogP) is 2.64. The third-order valence-electron chi connectivity index (χ3n) is 3.95. The van der Waals surface area contributed by atoms with Crippen molar-refractivity contribution in [2.45, 2.75) is 51.4 Å². The monoisotopic (exact) mass is 457 g/mol. The van der Waals surface area contributed by atoms with Gasteiger partial charge in [0, 0.05) is 12.8 Å². The summed E-state index contributed by atoms with van der Waals surface area (Å²) in [6, 6.07) is 3.95. The molecule has 178 valence electrons. The minimum Gasteiger partial charge on any atom is -0.480 e. The summed E-state index contributed by atoms with van der Waals surface area (Å²) in [6.07, 6.45) is -4.89. The highest BCUT2D eigenvalue weighted by Gasteiger charge is 2.37. The maximum Gasteiger partial charge on any atom is 0.513 e. The van der Waals surface area contributed by atoms with Gasteiger partial charge >= 0.3 is 24.4 Å². The Hall–Kier alpha value is -3.54. The van der Waals surface area contributed by atoms with E-state index in [1.807, 2.05) is 0 Å². The predicted molar refractivity (Wildman–Crippen MR) is 108 cm³/mol. The maximum absolute atomic E-state index is 11.9. The van der Waals surface area contributed by atoms with Gasteiger partial charge in [-0.15, -0.1) is 0 Å². The van der Waals surface area contributed by atoms with Crippen molar-refractivity contribution in [1.82, 2.24) is 0 Å². The van der Waals surface area contributed by atoms with Crippen LogP contribution in [0.25, 0.3) is 0 Å². The number of ether oxygens (including phenoxy) is 6. The van der Waals surface area contributed by atoms with Gasteiger partial charge in [-0.25, -0.2) is 14.4 Å². The topological polar surface area (TPSA) is 170 Å². The summed E-state index contributed by atoms with van der Waals surface area (Å²) < 4.78 is 28.6. The van der Waals surface area contributed by atoms with Crippen molar-refractivity contribution in [1.29, 1.82) is 0 Å². The standard InChI is InChI=1S/C20H27NO11/c1-11(2)29-19(26)30-12(3)9-20(21,16(22)23)10-13-6-7-14(31-17(24)27-4)15(8-13)32-18(25)28-5/h6-8,11-12H,9-10,21H2,1-5H3,(H,22,23)/t12-,20?/m0/s1. The SMILES string of the molecule is COC(=O)Oc1ccc(CC(N)(C[C@H](C)OC(=O)OC(C)C)C(=O)O)cc1OC(=O)OC. The molecule has 0 aliphatic carbocycles. The fourth-order valence-corrected chi connectivity index (χ4v) is 2.63. The lowest BCUT2D eigenvalue weighted by Crippen LogP contribution is -2.52. The van der Waals surface area contributed by atoms with Crippen LogP contribution in [0, 0.1) is 0 Å². The van der Waals surface area contributed by atoms with Crippen LogP contribution in [-0.2, 0) is 30.2 Å². The Bertz CT molecular complexity index is 839. The van der Waals surface area contributed by atoms with Gasteiger partial charge in [0.15, 0.2) is 11.5 Å². The quantitative estimate of drug-likeness (QED) is 0.316. The van der Waals surface area contributed by atoms with E-state index in [2.05, 4.69) is 9.47 Å². The molecule has 0 heterocycles. The van der Waals surface area contributed by atoms with Crippen LogP contribution in [0.1, 0.15) is 32.8 Å². The first kappa shape index (κ1) is 26.5. The number of aliphatic carboxylic acids is 1. The van der Waals surface area contributed by atoms with Gasteiger partial charge in [0.1, 0.15) is 11.6 Å². The molecule has 0 fully saturated rings. The third-order valence-corrected chi connectivity index (χ3v) is 3.95. The van der Waals surface area contributed by atoms with Gasteiger partial charge in [-0.2, -0.15) is 0 Å². The van der Waals surface area contributed by atoms with Crippen molar-refractivity contribution in [2.24, 2.45) is 5.73 Å². The lowest BCUT2D eigenvalue weighted by atomic mass is 9.86. The molecule has 0 aromatic heterocycles. The summed E-state index contributed by atoms with van der Waals surface area (Å²) in [4.78, 5) is 46.5. The lowest BCUT2D eigenvalue weighted by molar-refractivity contribution is -0.144. The Kier molecular flexibility index (Phi) is 9.72. The number of carbonyl (C=O) groups excluding carboxylic acids is 3. The lowest BCUT2D eigenvalue weighted by Gasteiger charge is -2.28. The zero-order chi connectivity index (χ0) is 24.5. The van der Waals surface area contributed by atoms with Crippen molar-refractivity contribution in [3.05, 3.63) is 23.8 Å². The molecule has 12 heteroatoms. The first-order chi connectivity index (χ1) is 14.9. The van der Waals surface area contributed by atoms with E-state index in [9.17, 15) is 24.3 Å². The molecule has 0 aliphatic rings. The van der Waals surface area contributed by atoms with Crippen molar-refractivity contribution >= 4 is 24.4 Å². The minimum atomic E-state index is -1.86. The van der Waals surface area contributed by atoms with E-state index < -0.39 is 42.2 Å². The molecule has 1 aromatic rings. The normalized spacial score (nSPS) is 13.3. The molecule has 2 atom stereocenters. The number of carbonyl (C=O) groups is 4. The first-order valence-corrected chi connectivity index (χ1v) is 9.44. The molecule has 0 saturated heterocycles. The number of benzene rings is 1. The summed E-state index contributed by atoms with van der Waals surface area (Å²) in [7, 11) is 2.17. The smallest absolute Gasteiger partial charge is 0.480 e. The molecule has 3 N–H and O–H groups in total. The number of rotatable bonds is 9. The summed E-state index contributed by atoms with van der Waals surface area (Å²) in [5.41, 5.74) is 4.56. The van der Waals surface area contributed by atoms with E-state index >= 15 is 0 Å². The number of carboxylic acid groups (broad SMARTS) is 1. The maximum atomic E-state index is 11.9. The Morgan fingerprint density at radius 2 is 1.50 bits per heavy atom. The van der Waals surface area contributed by atoms with Gasteiger partial charge in [-0.05, 0) is 38.5 Å². The van der Waals surface area contributed by atoms with E-state index in [4.69, 9.17) is 24.7 Å². The van der Waals surface area contributed by atoms with Crippen LogP contribution in [0.3, 0.4) is 0 Å². The summed E-state index contributed by atoms with van der Waals surface area (Å²) in [5.74, 6) is -1.75. The van der Waals surface area contributed by atoms with E-state index in [-0.39, 0.29) is 24.3 Å². The van der Waals surface area contributed by atoms with Crippen LogP contribution in [0.2, 0.25) is 0 Å². The average molecular weight is 457 g/mol. The molecule has 0 spiro atoms. The van der Waals surface area contributed by atoms with E-state index in [1.165, 1.54) is 25.1 Å². The molecule has 12 nitrogen and oxygen atoms in total. The molecule has 0 radical (unpaired) electrons. The Morgan fingerprint density at radius 1 is 0.938 bits per heavy atom. The van der Waals surface area contributed by atoms with Gasteiger partial charge in [-0.3, -0.25) is 4.79 Å². The van der Waals surface area contributed by atoms with E-state index in [0.717, 1.165) is 14.2 Å². The second kappa shape index (κ2) is 11.7. The van der Waals surface area contributed by atoms with Gasteiger partial charge in [-0.1, -0.05) is 6.07 Å². The second-order valence-electron chi connectivity index (χ2n) is 7.08. The van der Waals surface area contributed by atoms with Gasteiger partial charge < -0.3 is 39.3 Å². The zero-order valence-electron chi connectivity index (χ0n) is 18.4. The molecule has 0 amide bonds. The highest BCUT2D eigenvalue weighted by molar-refractivity contribution is 5.79. The number of carboxylic acids is 1. The van der Waals surface area contributed by atoms with Crippen molar-refractivity contribution in [2.75, 3.05) is 14.2 Å². The molecule has 1 unspecified atom stereocenters. The van der Waals surface area contributed by atoms with Crippen LogP contribution in [0.15, 0.2) is 18.2 Å². The first-order valence-electron chi connectivity index (χ1n) is 9.44. The van der Waals surface area contributed by atoms with Gasteiger partial charge in [0.2, 0.25) is 0 Å². The molecule has 0 saturated carbocycles. The fourth-order valence-electron chi connectivity index (χ4n) is 2.63. The van der Waals surface area contributed by atoms with Gasteiger partial charge in [0.25, 0.3) is 0 Å². The second-order valence-corrected chi connectivity index (χ2v) is 7.08. The van der Waals surface area contributed by atoms with Crippen LogP contribution in [0.4, 0.5) is 14.4 Å². The van der Waals surface area contributed by atoms with E-state index in [1.54, 1.807) is 13.8 Å². The minimum absolute atomic E-state index is 0.169. The largest absolute Gasteiger partial charge is 0.513 e. The Labute approximate surface area is 184 Å². The fraction of sp³-hybridized carbons (Fsp3) is 0.500. The molecule has 0 aliphatic heterocycles. The van der Waals surface area contributed by atoms with Crippen LogP contribution in [-0.4, -0.2) is 61.5 Å². The number of nitrogens with two attached hydrogens (primary N) is 1. The highest BCUT2D eigenvalue weighted by atomic mass is 16.7. The molecule has 32 heavy (non-hydrogen) atoms. The van der Waals surface area contributed by atoms with Crippen molar-refractivity contribution in [3.8, 4) is 11.5 Å². The van der Waals surface area contributed by atoms with Crippen molar-refractivity contribution < 1.29 is 52.7 Å². The van der Waals surface area contributed by atoms with Crippen molar-refractivity contribution in [3.63, 3.8) is 0 Å². The molecular weight excluding hydrogens is 430 g/mol. The highest BCUT2D eigenvalue weighted by Crippen LogP contribution is 2.31. The number of hydrogen-bond acceptors (Lipinski definition) is 11. The van der Waals surface area contributed by atoms with Crippen LogP contribution in [0.5, 0.6) is 11.5 Å². The van der Waals surface area contributed by atoms with Crippen LogP contribution < -0.4 is 15.2 Å². The number of methoxy groups -OCH3 is 2. The molecule has 1 aromatic carbocycles. The molecule has 0 bridgehead atoms. The number of hydrogen-bond donors (Lipinski definition) is 2. The summed E-state index contributed by atoms with van der Waals surface area (Å²) in [5, 5.41) is 9.69. The zero-order valence-corrected chi connectivity index (χ0v) is 18.4. The average Bonchev–Trinajstić information content (AvgIpc) is 2.68. The Morgan fingerprint density at radius 3 is 2.00 bits per heavy atom. The molecular formula is C20H27NO11. The molecule has 1 rings (SSSR count). The van der Waals surface area contributed by atoms with Crippen LogP contribution >= 0.6 is 0 Å². The summed E-state index contributed by atoms with van der Waals surface area (Å²) >= 11 is 0. The van der Waals surface area contributed by atoms with E-state index in [0.29, 0.717) is 5.56 Å². The van der Waals surface area contributed by atoms with Gasteiger partial charge in [0.05, 0.1) is 20.3 Å². The third kappa shape index (κ3) is 8.30.